The maximum atomic E-state index is 12.3. The summed E-state index contributed by atoms with van der Waals surface area (Å²) in [6, 6.07) is 6.53. The van der Waals surface area contributed by atoms with E-state index in [1.54, 1.807) is 0 Å². The molecule has 3 nitrogen and oxygen atoms in total. The van der Waals surface area contributed by atoms with Crippen molar-refractivity contribution in [3.8, 4) is 5.75 Å². The molecule has 0 aliphatic heterocycles. The molecule has 1 aromatic rings. The van der Waals surface area contributed by atoms with Gasteiger partial charge in [-0.25, -0.2) is 0 Å². The van der Waals surface area contributed by atoms with Crippen LogP contribution in [0.2, 0.25) is 18.1 Å². The van der Waals surface area contributed by atoms with E-state index in [0.717, 1.165) is 25.0 Å². The molecular formula is C22H34O3Si. The summed E-state index contributed by atoms with van der Waals surface area (Å²) < 4.78 is 6.51. The van der Waals surface area contributed by atoms with Crippen LogP contribution in [0.25, 0.3) is 0 Å². The van der Waals surface area contributed by atoms with E-state index in [0.29, 0.717) is 18.8 Å². The first-order valence-electron chi connectivity index (χ1n) is 10.0. The van der Waals surface area contributed by atoms with Gasteiger partial charge in [0.15, 0.2) is 5.78 Å². The zero-order valence-electron chi connectivity index (χ0n) is 17.2. The molecule has 0 spiro atoms. The summed E-state index contributed by atoms with van der Waals surface area (Å²) in [6.45, 7) is 13.5. The van der Waals surface area contributed by atoms with Crippen molar-refractivity contribution < 1.29 is 14.3 Å². The van der Waals surface area contributed by atoms with Gasteiger partial charge in [-0.2, -0.15) is 0 Å². The zero-order chi connectivity index (χ0) is 19.3. The van der Waals surface area contributed by atoms with Gasteiger partial charge in [-0.1, -0.05) is 33.8 Å². The highest BCUT2D eigenvalue weighted by Gasteiger charge is 2.49. The first kappa shape index (κ1) is 19.6. The van der Waals surface area contributed by atoms with Gasteiger partial charge in [-0.3, -0.25) is 4.79 Å². The number of aliphatic hydroxyl groups excluding tert-OH is 1. The minimum atomic E-state index is -1.86. The average Bonchev–Trinajstić information content (AvgIpc) is 2.54. The summed E-state index contributed by atoms with van der Waals surface area (Å²) in [5.74, 6) is 1.39. The lowest BCUT2D eigenvalue weighted by Crippen LogP contribution is -2.49. The van der Waals surface area contributed by atoms with E-state index in [9.17, 15) is 9.90 Å². The van der Waals surface area contributed by atoms with Crippen molar-refractivity contribution in [1.82, 2.24) is 0 Å². The second-order valence-electron chi connectivity index (χ2n) is 9.82. The molecule has 2 unspecified atom stereocenters. The third-order valence-corrected chi connectivity index (χ3v) is 11.7. The van der Waals surface area contributed by atoms with Gasteiger partial charge in [0.05, 0.1) is 0 Å². The van der Waals surface area contributed by atoms with Crippen LogP contribution in [0.15, 0.2) is 18.2 Å². The molecule has 3 atom stereocenters. The highest BCUT2D eigenvalue weighted by Crippen LogP contribution is 2.52. The van der Waals surface area contributed by atoms with Crippen LogP contribution in [0.3, 0.4) is 0 Å². The lowest BCUT2D eigenvalue weighted by molar-refractivity contribution is -0.134. The Balaban J connectivity index is 1.95. The Morgan fingerprint density at radius 1 is 1.31 bits per heavy atom. The van der Waals surface area contributed by atoms with E-state index in [2.05, 4.69) is 59.0 Å². The van der Waals surface area contributed by atoms with Gasteiger partial charge in [-0.15, -0.1) is 0 Å². The Bertz CT molecular complexity index is 704. The minimum absolute atomic E-state index is 0.0116. The van der Waals surface area contributed by atoms with E-state index in [1.165, 1.54) is 11.1 Å². The number of hydrogen-bond donors (Lipinski definition) is 1. The standard InChI is InChI=1S/C22H34O3Si/c1-7-22-14-20(24)19(23)13-16(22)9-8-15-12-17(10-11-18(15)22)25-26(5,6)21(2,3)4/h10-12,16,19,23H,7-9,13-14H2,1-6H3/t16-,19?,22?/m1/s1. The molecule has 1 fully saturated rings. The number of benzene rings is 1. The minimum Gasteiger partial charge on any atom is -0.543 e. The summed E-state index contributed by atoms with van der Waals surface area (Å²) in [6.07, 6.45) is 3.35. The third kappa shape index (κ3) is 3.16. The topological polar surface area (TPSA) is 46.5 Å². The smallest absolute Gasteiger partial charge is 0.250 e. The van der Waals surface area contributed by atoms with Crippen LogP contribution in [-0.2, 0) is 16.6 Å². The Morgan fingerprint density at radius 2 is 2.00 bits per heavy atom. The summed E-state index contributed by atoms with van der Waals surface area (Å²) in [4.78, 5) is 12.3. The largest absolute Gasteiger partial charge is 0.543 e. The fraction of sp³-hybridized carbons (Fsp3) is 0.682. The Morgan fingerprint density at radius 3 is 2.62 bits per heavy atom. The number of fused-ring (bicyclic) bond motifs is 3. The molecule has 144 valence electrons. The quantitative estimate of drug-likeness (QED) is 0.757. The van der Waals surface area contributed by atoms with Crippen LogP contribution >= 0.6 is 0 Å². The number of aliphatic hydroxyl groups is 1. The Labute approximate surface area is 159 Å². The number of Topliss-reactive ketones (excluding diaryl/α,β-unsaturated/α-hetero) is 1. The highest BCUT2D eigenvalue weighted by molar-refractivity contribution is 6.74. The van der Waals surface area contributed by atoms with Crippen LogP contribution < -0.4 is 4.43 Å². The third-order valence-electron chi connectivity index (χ3n) is 7.34. The number of ketones is 1. The van der Waals surface area contributed by atoms with E-state index in [1.807, 2.05) is 0 Å². The molecule has 0 amide bonds. The zero-order valence-corrected chi connectivity index (χ0v) is 18.2. The molecule has 0 heterocycles. The predicted octanol–water partition coefficient (Wildman–Crippen LogP) is 5.00. The monoisotopic (exact) mass is 374 g/mol. The number of hydrogen-bond acceptors (Lipinski definition) is 3. The first-order chi connectivity index (χ1) is 12.0. The van der Waals surface area contributed by atoms with Gasteiger partial charge in [0.1, 0.15) is 11.9 Å². The van der Waals surface area contributed by atoms with Gasteiger partial charge < -0.3 is 9.53 Å². The molecule has 0 bridgehead atoms. The van der Waals surface area contributed by atoms with Crippen LogP contribution in [0.4, 0.5) is 0 Å². The van der Waals surface area contributed by atoms with Crippen LogP contribution in [0.5, 0.6) is 5.75 Å². The fourth-order valence-corrected chi connectivity index (χ4v) is 5.64. The van der Waals surface area contributed by atoms with Crippen LogP contribution in [-0.4, -0.2) is 25.3 Å². The first-order valence-corrected chi connectivity index (χ1v) is 12.9. The molecule has 0 saturated heterocycles. The van der Waals surface area contributed by atoms with E-state index < -0.39 is 14.4 Å². The molecule has 4 heteroatoms. The van der Waals surface area contributed by atoms with Crippen molar-refractivity contribution in [1.29, 1.82) is 0 Å². The van der Waals surface area contributed by atoms with Crippen molar-refractivity contribution >= 4 is 14.1 Å². The summed E-state index contributed by atoms with van der Waals surface area (Å²) in [5, 5.41) is 10.2. The summed E-state index contributed by atoms with van der Waals surface area (Å²) in [5.41, 5.74) is 2.56. The molecule has 2 aliphatic carbocycles. The normalized spacial score (nSPS) is 29.1. The molecule has 0 radical (unpaired) electrons. The van der Waals surface area contributed by atoms with Gasteiger partial charge in [0, 0.05) is 11.8 Å². The second kappa shape index (κ2) is 6.49. The Kier molecular flexibility index (Phi) is 4.89. The molecule has 26 heavy (non-hydrogen) atoms. The maximum absolute atomic E-state index is 12.3. The molecule has 2 aliphatic rings. The van der Waals surface area contributed by atoms with Gasteiger partial charge in [-0.05, 0) is 73.0 Å². The van der Waals surface area contributed by atoms with Crippen molar-refractivity contribution in [2.24, 2.45) is 5.92 Å². The average molecular weight is 375 g/mol. The van der Waals surface area contributed by atoms with Crippen molar-refractivity contribution in [2.45, 2.75) is 89.5 Å². The molecule has 1 aromatic carbocycles. The lowest BCUT2D eigenvalue weighted by Gasteiger charge is -2.49. The summed E-state index contributed by atoms with van der Waals surface area (Å²) >= 11 is 0. The van der Waals surface area contributed by atoms with Gasteiger partial charge >= 0.3 is 0 Å². The van der Waals surface area contributed by atoms with Crippen molar-refractivity contribution in [3.05, 3.63) is 29.3 Å². The van der Waals surface area contributed by atoms with Crippen LogP contribution in [0, 0.1) is 5.92 Å². The number of aryl methyl sites for hydroxylation is 1. The van der Waals surface area contributed by atoms with Gasteiger partial charge in [0.2, 0.25) is 8.32 Å². The van der Waals surface area contributed by atoms with Crippen molar-refractivity contribution in [2.75, 3.05) is 0 Å². The van der Waals surface area contributed by atoms with Crippen molar-refractivity contribution in [3.63, 3.8) is 0 Å². The molecule has 3 rings (SSSR count). The molecular weight excluding hydrogens is 340 g/mol. The number of carbonyl (C=O) groups is 1. The predicted molar refractivity (Wildman–Crippen MR) is 108 cm³/mol. The van der Waals surface area contributed by atoms with E-state index in [4.69, 9.17) is 4.43 Å². The maximum Gasteiger partial charge on any atom is 0.250 e. The molecule has 0 aromatic heterocycles. The van der Waals surface area contributed by atoms with Crippen LogP contribution in [0.1, 0.15) is 64.5 Å². The molecule has 1 N–H and O–H groups in total. The highest BCUT2D eigenvalue weighted by atomic mass is 28.4. The SMILES string of the molecule is CCC12CC(=O)C(O)C[C@H]1CCc1cc(O[Si](C)(C)C(C)(C)C)ccc12. The van der Waals surface area contributed by atoms with Gasteiger partial charge in [0.25, 0.3) is 0 Å². The number of carbonyl (C=O) groups excluding carboxylic acids is 1. The number of rotatable bonds is 3. The molecule has 1 saturated carbocycles. The van der Waals surface area contributed by atoms with E-state index in [-0.39, 0.29) is 16.2 Å². The second-order valence-corrected chi connectivity index (χ2v) is 14.5. The fourth-order valence-electron chi connectivity index (χ4n) is 4.62. The van der Waals surface area contributed by atoms with E-state index >= 15 is 0 Å². The lowest BCUT2D eigenvalue weighted by atomic mass is 9.55. The Hall–Kier alpha value is -1.13. The summed E-state index contributed by atoms with van der Waals surface area (Å²) in [7, 11) is -1.86.